The molecule has 25 heavy (non-hydrogen) atoms. The molecule has 0 aliphatic carbocycles. The number of para-hydroxylation sites is 1. The van der Waals surface area contributed by atoms with Gasteiger partial charge < -0.3 is 10.2 Å². The number of aryl methyl sites for hydroxylation is 1. The van der Waals surface area contributed by atoms with Crippen molar-refractivity contribution in [3.63, 3.8) is 0 Å². The van der Waals surface area contributed by atoms with Gasteiger partial charge in [0.2, 0.25) is 5.91 Å². The third-order valence-electron chi connectivity index (χ3n) is 4.68. The summed E-state index contributed by atoms with van der Waals surface area (Å²) in [5.41, 5.74) is 1.02. The Kier molecular flexibility index (Phi) is 6.56. The molecule has 6 nitrogen and oxygen atoms in total. The van der Waals surface area contributed by atoms with Crippen LogP contribution in [0.3, 0.4) is 0 Å². The Morgan fingerprint density at radius 2 is 1.84 bits per heavy atom. The largest absolute Gasteiger partial charge is 0.355 e. The molecule has 2 heterocycles. The van der Waals surface area contributed by atoms with Crippen molar-refractivity contribution in [3.05, 3.63) is 42.5 Å². The molecule has 1 aliphatic rings. The standard InChI is InChI=1S/C19H27N5O/c25-19(20-12-15-23-13-6-1-2-7-14-23)11-10-18-22-21-16-24(18)17-8-4-3-5-9-17/h3-5,8-9,16H,1-2,6-7,10-15H2,(H,20,25). The molecule has 134 valence electrons. The van der Waals surface area contributed by atoms with E-state index in [4.69, 9.17) is 0 Å². The lowest BCUT2D eigenvalue weighted by molar-refractivity contribution is -0.121. The van der Waals surface area contributed by atoms with Crippen LogP contribution in [0.2, 0.25) is 0 Å². The first-order chi connectivity index (χ1) is 12.3. The van der Waals surface area contributed by atoms with E-state index in [1.165, 1.54) is 25.7 Å². The molecule has 0 radical (unpaired) electrons. The maximum Gasteiger partial charge on any atom is 0.220 e. The zero-order valence-electron chi connectivity index (χ0n) is 14.7. The Hall–Kier alpha value is -2.21. The molecule has 1 aromatic heterocycles. The molecule has 0 saturated carbocycles. The van der Waals surface area contributed by atoms with E-state index in [9.17, 15) is 4.79 Å². The Balaban J connectivity index is 1.41. The van der Waals surface area contributed by atoms with Gasteiger partial charge in [0.05, 0.1) is 0 Å². The fourth-order valence-electron chi connectivity index (χ4n) is 3.26. The first-order valence-corrected chi connectivity index (χ1v) is 9.26. The number of carbonyl (C=O) groups is 1. The maximum absolute atomic E-state index is 12.1. The van der Waals surface area contributed by atoms with Crippen molar-refractivity contribution in [3.8, 4) is 5.69 Å². The average molecular weight is 341 g/mol. The van der Waals surface area contributed by atoms with E-state index in [1.807, 2.05) is 34.9 Å². The topological polar surface area (TPSA) is 63.1 Å². The average Bonchev–Trinajstić information content (AvgIpc) is 2.96. The Morgan fingerprint density at radius 3 is 2.60 bits per heavy atom. The maximum atomic E-state index is 12.1. The first kappa shape index (κ1) is 17.6. The van der Waals surface area contributed by atoms with Gasteiger partial charge in [-0.25, -0.2) is 0 Å². The minimum atomic E-state index is 0.0810. The van der Waals surface area contributed by atoms with Crippen molar-refractivity contribution in [2.24, 2.45) is 0 Å². The molecule has 3 rings (SSSR count). The van der Waals surface area contributed by atoms with Crippen LogP contribution >= 0.6 is 0 Å². The van der Waals surface area contributed by atoms with Crippen molar-refractivity contribution in [1.82, 2.24) is 25.0 Å². The molecule has 1 aromatic carbocycles. The second-order valence-electron chi connectivity index (χ2n) is 6.56. The molecule has 2 aromatic rings. The number of aromatic nitrogens is 3. The summed E-state index contributed by atoms with van der Waals surface area (Å²) in [4.78, 5) is 14.6. The highest BCUT2D eigenvalue weighted by Crippen LogP contribution is 2.10. The van der Waals surface area contributed by atoms with Crippen molar-refractivity contribution in [1.29, 1.82) is 0 Å². The number of benzene rings is 1. The predicted octanol–water partition coefficient (Wildman–Crippen LogP) is 2.19. The predicted molar refractivity (Wildman–Crippen MR) is 97.6 cm³/mol. The molecule has 0 unspecified atom stereocenters. The molecule has 1 aliphatic heterocycles. The Morgan fingerprint density at radius 1 is 1.08 bits per heavy atom. The molecular weight excluding hydrogens is 314 g/mol. The summed E-state index contributed by atoms with van der Waals surface area (Å²) in [6, 6.07) is 9.96. The number of hydrogen-bond acceptors (Lipinski definition) is 4. The van der Waals surface area contributed by atoms with Crippen LogP contribution in [0.15, 0.2) is 36.7 Å². The zero-order chi connectivity index (χ0) is 17.3. The lowest BCUT2D eigenvalue weighted by Gasteiger charge is -2.19. The highest BCUT2D eigenvalue weighted by atomic mass is 16.1. The van der Waals surface area contributed by atoms with Gasteiger partial charge in [-0.05, 0) is 38.1 Å². The van der Waals surface area contributed by atoms with Crippen LogP contribution in [0, 0.1) is 0 Å². The van der Waals surface area contributed by atoms with Gasteiger partial charge in [-0.3, -0.25) is 9.36 Å². The smallest absolute Gasteiger partial charge is 0.220 e. The molecule has 1 saturated heterocycles. The van der Waals surface area contributed by atoms with Gasteiger partial charge in [0.1, 0.15) is 12.2 Å². The zero-order valence-corrected chi connectivity index (χ0v) is 14.7. The van der Waals surface area contributed by atoms with E-state index in [1.54, 1.807) is 6.33 Å². The highest BCUT2D eigenvalue weighted by Gasteiger charge is 2.11. The van der Waals surface area contributed by atoms with E-state index in [0.29, 0.717) is 12.8 Å². The third kappa shape index (κ3) is 5.39. The Labute approximate surface area is 149 Å². The number of nitrogens with one attached hydrogen (secondary N) is 1. The van der Waals surface area contributed by atoms with Gasteiger partial charge in [0, 0.05) is 31.6 Å². The molecule has 1 fully saturated rings. The summed E-state index contributed by atoms with van der Waals surface area (Å²) >= 11 is 0. The van der Waals surface area contributed by atoms with Crippen molar-refractivity contribution in [2.75, 3.05) is 26.2 Å². The molecule has 0 bridgehead atoms. The van der Waals surface area contributed by atoms with E-state index in [2.05, 4.69) is 20.4 Å². The fourth-order valence-corrected chi connectivity index (χ4v) is 3.26. The minimum absolute atomic E-state index is 0.0810. The normalized spacial score (nSPS) is 15.7. The lowest BCUT2D eigenvalue weighted by atomic mass is 10.2. The lowest BCUT2D eigenvalue weighted by Crippen LogP contribution is -2.35. The molecule has 1 amide bonds. The summed E-state index contributed by atoms with van der Waals surface area (Å²) in [5.74, 6) is 0.895. The number of nitrogens with zero attached hydrogens (tertiary/aromatic N) is 4. The van der Waals surface area contributed by atoms with Crippen LogP contribution in [0.25, 0.3) is 5.69 Å². The Bertz CT molecular complexity index is 647. The van der Waals surface area contributed by atoms with Crippen molar-refractivity contribution >= 4 is 5.91 Å². The molecular formula is C19H27N5O. The van der Waals surface area contributed by atoms with Crippen molar-refractivity contribution < 1.29 is 4.79 Å². The first-order valence-electron chi connectivity index (χ1n) is 9.26. The number of carbonyl (C=O) groups excluding carboxylic acids is 1. The number of hydrogen-bond donors (Lipinski definition) is 1. The molecule has 0 spiro atoms. The second kappa shape index (κ2) is 9.32. The number of likely N-dealkylation sites (tertiary alicyclic amines) is 1. The summed E-state index contributed by atoms with van der Waals surface area (Å²) in [6.07, 6.45) is 7.96. The van der Waals surface area contributed by atoms with Gasteiger partial charge in [0.15, 0.2) is 0 Å². The van der Waals surface area contributed by atoms with Crippen LogP contribution in [-0.4, -0.2) is 51.8 Å². The van der Waals surface area contributed by atoms with Crippen LogP contribution < -0.4 is 5.32 Å². The molecule has 0 atom stereocenters. The summed E-state index contributed by atoms with van der Waals surface area (Å²) < 4.78 is 1.94. The van der Waals surface area contributed by atoms with Crippen LogP contribution in [0.1, 0.15) is 37.9 Å². The number of rotatable bonds is 7. The molecule has 1 N–H and O–H groups in total. The van der Waals surface area contributed by atoms with Crippen LogP contribution in [0.5, 0.6) is 0 Å². The summed E-state index contributed by atoms with van der Waals surface area (Å²) in [7, 11) is 0. The van der Waals surface area contributed by atoms with Gasteiger partial charge in [-0.1, -0.05) is 31.0 Å². The van der Waals surface area contributed by atoms with Crippen LogP contribution in [0.4, 0.5) is 0 Å². The van der Waals surface area contributed by atoms with Gasteiger partial charge in [-0.2, -0.15) is 0 Å². The summed E-state index contributed by atoms with van der Waals surface area (Å²) in [5, 5.41) is 11.2. The van der Waals surface area contributed by atoms with Gasteiger partial charge in [-0.15, -0.1) is 10.2 Å². The quantitative estimate of drug-likeness (QED) is 0.838. The van der Waals surface area contributed by atoms with Gasteiger partial charge in [0.25, 0.3) is 0 Å². The fraction of sp³-hybridized carbons (Fsp3) is 0.526. The van der Waals surface area contributed by atoms with E-state index < -0.39 is 0 Å². The van der Waals surface area contributed by atoms with E-state index >= 15 is 0 Å². The SMILES string of the molecule is O=C(CCc1nncn1-c1ccccc1)NCCN1CCCCCC1. The number of amides is 1. The minimum Gasteiger partial charge on any atom is -0.355 e. The third-order valence-corrected chi connectivity index (χ3v) is 4.68. The second-order valence-corrected chi connectivity index (χ2v) is 6.56. The van der Waals surface area contributed by atoms with E-state index in [0.717, 1.165) is 37.7 Å². The highest BCUT2D eigenvalue weighted by molar-refractivity contribution is 5.76. The van der Waals surface area contributed by atoms with E-state index in [-0.39, 0.29) is 5.91 Å². The monoisotopic (exact) mass is 341 g/mol. The van der Waals surface area contributed by atoms with Gasteiger partial charge >= 0.3 is 0 Å². The van der Waals surface area contributed by atoms with Crippen molar-refractivity contribution in [2.45, 2.75) is 38.5 Å². The van der Waals surface area contributed by atoms with Crippen LogP contribution in [-0.2, 0) is 11.2 Å². The molecule has 6 heteroatoms. The summed E-state index contributed by atoms with van der Waals surface area (Å²) in [6.45, 7) is 4.00.